The van der Waals surface area contributed by atoms with Gasteiger partial charge in [-0.25, -0.2) is 17.8 Å². The zero-order valence-electron chi connectivity index (χ0n) is 12.4. The molecule has 9 heteroatoms. The van der Waals surface area contributed by atoms with Gasteiger partial charge < -0.3 is 5.32 Å². The summed E-state index contributed by atoms with van der Waals surface area (Å²) in [5, 5.41) is 6.39. The van der Waals surface area contributed by atoms with Crippen molar-refractivity contribution in [3.63, 3.8) is 0 Å². The summed E-state index contributed by atoms with van der Waals surface area (Å²) < 4.78 is 27.8. The highest BCUT2D eigenvalue weighted by molar-refractivity contribution is 7.89. The topological polar surface area (TPSA) is 110 Å². The van der Waals surface area contributed by atoms with Crippen molar-refractivity contribution in [2.24, 2.45) is 0 Å². The maximum Gasteiger partial charge on any atom is 0.266 e. The Labute approximate surface area is 133 Å². The molecule has 0 fully saturated rings. The van der Waals surface area contributed by atoms with E-state index in [0.29, 0.717) is 5.69 Å². The molecule has 1 aromatic heterocycles. The first-order valence-electron chi connectivity index (χ1n) is 6.78. The Morgan fingerprint density at radius 2 is 1.91 bits per heavy atom. The third kappa shape index (κ3) is 4.73. The number of nitrogens with zero attached hydrogens (tertiary/aromatic N) is 2. The van der Waals surface area contributed by atoms with Crippen molar-refractivity contribution >= 4 is 21.6 Å². The SMILES string of the molecule is CC(=O)Nc1ccc(S(=O)(=O)NCCn2ncccc2=O)cc1. The van der Waals surface area contributed by atoms with E-state index in [9.17, 15) is 18.0 Å². The normalized spacial score (nSPS) is 11.2. The minimum Gasteiger partial charge on any atom is -0.326 e. The highest BCUT2D eigenvalue weighted by Gasteiger charge is 2.13. The van der Waals surface area contributed by atoms with Crippen LogP contribution in [0.5, 0.6) is 0 Å². The van der Waals surface area contributed by atoms with Crippen LogP contribution in [-0.4, -0.2) is 30.7 Å². The van der Waals surface area contributed by atoms with E-state index in [2.05, 4.69) is 15.1 Å². The number of hydrogen-bond donors (Lipinski definition) is 2. The fourth-order valence-electron chi connectivity index (χ4n) is 1.85. The van der Waals surface area contributed by atoms with Gasteiger partial charge in [0.2, 0.25) is 15.9 Å². The predicted octanol–water partition coefficient (Wildman–Crippen LogP) is 0.180. The summed E-state index contributed by atoms with van der Waals surface area (Å²) in [6.45, 7) is 1.53. The highest BCUT2D eigenvalue weighted by atomic mass is 32.2. The summed E-state index contributed by atoms with van der Waals surface area (Å²) in [5.41, 5.74) is 0.211. The fraction of sp³-hybridized carbons (Fsp3) is 0.214. The molecule has 0 aliphatic rings. The van der Waals surface area contributed by atoms with Gasteiger partial charge in [0.1, 0.15) is 0 Å². The quantitative estimate of drug-likeness (QED) is 0.782. The summed E-state index contributed by atoms with van der Waals surface area (Å²) in [6.07, 6.45) is 1.46. The minimum absolute atomic E-state index is 0.0344. The Morgan fingerprint density at radius 1 is 1.22 bits per heavy atom. The van der Waals surface area contributed by atoms with Crippen LogP contribution in [0.25, 0.3) is 0 Å². The first kappa shape index (κ1) is 16.8. The van der Waals surface area contributed by atoms with Gasteiger partial charge in [-0.3, -0.25) is 9.59 Å². The standard InChI is InChI=1S/C14H16N4O4S/c1-11(19)17-12-4-6-13(7-5-12)23(21,22)16-9-10-18-14(20)3-2-8-15-18/h2-8,16H,9-10H2,1H3,(H,17,19). The second-order valence-electron chi connectivity index (χ2n) is 4.69. The van der Waals surface area contributed by atoms with Gasteiger partial charge in [-0.05, 0) is 30.3 Å². The van der Waals surface area contributed by atoms with Gasteiger partial charge in [0, 0.05) is 31.4 Å². The third-order valence-electron chi connectivity index (χ3n) is 2.89. The summed E-state index contributed by atoms with van der Waals surface area (Å²) >= 11 is 0. The number of sulfonamides is 1. The first-order chi connectivity index (χ1) is 10.9. The third-order valence-corrected chi connectivity index (χ3v) is 4.36. The van der Waals surface area contributed by atoms with E-state index >= 15 is 0 Å². The molecule has 0 spiro atoms. The van der Waals surface area contributed by atoms with Crippen molar-refractivity contribution in [3.05, 3.63) is 52.9 Å². The van der Waals surface area contributed by atoms with Gasteiger partial charge in [0.25, 0.3) is 5.56 Å². The van der Waals surface area contributed by atoms with E-state index in [1.54, 1.807) is 0 Å². The van der Waals surface area contributed by atoms with Crippen LogP contribution in [0.15, 0.2) is 52.3 Å². The average molecular weight is 336 g/mol. The maximum atomic E-state index is 12.1. The molecule has 2 N–H and O–H groups in total. The van der Waals surface area contributed by atoms with Crippen LogP contribution in [0.3, 0.4) is 0 Å². The van der Waals surface area contributed by atoms with Crippen LogP contribution in [0.4, 0.5) is 5.69 Å². The Morgan fingerprint density at radius 3 is 2.52 bits per heavy atom. The van der Waals surface area contributed by atoms with Gasteiger partial charge in [-0.2, -0.15) is 5.10 Å². The van der Waals surface area contributed by atoms with Crippen molar-refractivity contribution in [2.45, 2.75) is 18.4 Å². The van der Waals surface area contributed by atoms with Crippen molar-refractivity contribution in [1.29, 1.82) is 0 Å². The molecule has 0 aliphatic heterocycles. The lowest BCUT2D eigenvalue weighted by Gasteiger charge is -2.08. The Kier molecular flexibility index (Phi) is 5.24. The smallest absolute Gasteiger partial charge is 0.266 e. The van der Waals surface area contributed by atoms with E-state index < -0.39 is 10.0 Å². The summed E-state index contributed by atoms with van der Waals surface area (Å²) in [5.74, 6) is -0.237. The molecule has 122 valence electrons. The molecule has 0 saturated carbocycles. The molecule has 0 radical (unpaired) electrons. The van der Waals surface area contributed by atoms with Crippen molar-refractivity contribution in [1.82, 2.24) is 14.5 Å². The van der Waals surface area contributed by atoms with E-state index in [-0.39, 0.29) is 29.5 Å². The Balaban J connectivity index is 2.00. The fourth-order valence-corrected chi connectivity index (χ4v) is 2.87. The van der Waals surface area contributed by atoms with Crippen molar-refractivity contribution < 1.29 is 13.2 Å². The number of carbonyl (C=O) groups excluding carboxylic acids is 1. The van der Waals surface area contributed by atoms with Gasteiger partial charge in [-0.1, -0.05) is 0 Å². The number of aromatic nitrogens is 2. The molecule has 0 atom stereocenters. The molecule has 0 bridgehead atoms. The zero-order chi connectivity index (χ0) is 16.9. The van der Waals surface area contributed by atoms with Gasteiger partial charge in [0.05, 0.1) is 11.4 Å². The number of rotatable bonds is 6. The second-order valence-corrected chi connectivity index (χ2v) is 6.46. The molecule has 0 unspecified atom stereocenters. The number of amides is 1. The molecule has 8 nitrogen and oxygen atoms in total. The van der Waals surface area contributed by atoms with E-state index in [1.165, 1.54) is 54.2 Å². The van der Waals surface area contributed by atoms with Crippen LogP contribution >= 0.6 is 0 Å². The van der Waals surface area contributed by atoms with Gasteiger partial charge in [-0.15, -0.1) is 0 Å². The molecule has 23 heavy (non-hydrogen) atoms. The Bertz CT molecular complexity index is 844. The van der Waals surface area contributed by atoms with E-state index in [1.807, 2.05) is 0 Å². The van der Waals surface area contributed by atoms with Gasteiger partial charge in [0.15, 0.2) is 0 Å². The largest absolute Gasteiger partial charge is 0.326 e. The Hall–Kier alpha value is -2.52. The molecule has 1 heterocycles. The van der Waals surface area contributed by atoms with Crippen molar-refractivity contribution in [3.8, 4) is 0 Å². The molecule has 0 aliphatic carbocycles. The second kappa shape index (κ2) is 7.16. The zero-order valence-corrected chi connectivity index (χ0v) is 13.2. The lowest BCUT2D eigenvalue weighted by atomic mass is 10.3. The van der Waals surface area contributed by atoms with Crippen LogP contribution in [0.2, 0.25) is 0 Å². The van der Waals surface area contributed by atoms with Crippen molar-refractivity contribution in [2.75, 3.05) is 11.9 Å². The molecular formula is C14H16N4O4S. The monoisotopic (exact) mass is 336 g/mol. The molecule has 1 aromatic carbocycles. The molecule has 2 rings (SSSR count). The lowest BCUT2D eigenvalue weighted by molar-refractivity contribution is -0.114. The highest BCUT2D eigenvalue weighted by Crippen LogP contribution is 2.13. The molecule has 2 aromatic rings. The predicted molar refractivity (Wildman–Crippen MR) is 84.4 cm³/mol. The number of hydrogen-bond acceptors (Lipinski definition) is 5. The molecule has 1 amide bonds. The molecular weight excluding hydrogens is 320 g/mol. The van der Waals surface area contributed by atoms with Crippen LogP contribution in [0.1, 0.15) is 6.92 Å². The van der Waals surface area contributed by atoms with E-state index in [0.717, 1.165) is 0 Å². The first-order valence-corrected chi connectivity index (χ1v) is 8.26. The lowest BCUT2D eigenvalue weighted by Crippen LogP contribution is -2.31. The summed E-state index contributed by atoms with van der Waals surface area (Å²) in [4.78, 5) is 22.5. The minimum atomic E-state index is -3.69. The molecule has 0 saturated heterocycles. The summed E-state index contributed by atoms with van der Waals surface area (Å²) in [7, 11) is -3.69. The van der Waals surface area contributed by atoms with Crippen LogP contribution < -0.4 is 15.6 Å². The van der Waals surface area contributed by atoms with E-state index in [4.69, 9.17) is 0 Å². The summed E-state index contributed by atoms with van der Waals surface area (Å²) in [6, 6.07) is 8.64. The number of nitrogens with one attached hydrogen (secondary N) is 2. The maximum absolute atomic E-state index is 12.1. The number of benzene rings is 1. The van der Waals surface area contributed by atoms with Crippen LogP contribution in [-0.2, 0) is 21.4 Å². The number of anilines is 1. The average Bonchev–Trinajstić information content (AvgIpc) is 2.49. The number of carbonyl (C=O) groups is 1. The van der Waals surface area contributed by atoms with Crippen LogP contribution in [0, 0.1) is 0 Å². The van der Waals surface area contributed by atoms with Gasteiger partial charge >= 0.3 is 0 Å².